The summed E-state index contributed by atoms with van der Waals surface area (Å²) in [5, 5.41) is 41.3. The Bertz CT molecular complexity index is 1030. The van der Waals surface area contributed by atoms with Crippen molar-refractivity contribution in [3.8, 4) is 0 Å². The van der Waals surface area contributed by atoms with Gasteiger partial charge in [-0.25, -0.2) is 14.0 Å². The molecule has 0 radical (unpaired) electrons. The fourth-order valence-corrected chi connectivity index (χ4v) is 2.59. The van der Waals surface area contributed by atoms with E-state index in [4.69, 9.17) is 0 Å². The Morgan fingerprint density at radius 2 is 1.31 bits per heavy atom. The summed E-state index contributed by atoms with van der Waals surface area (Å²) in [5.41, 5.74) is 0.976. The van der Waals surface area contributed by atoms with Crippen LogP contribution in [-0.4, -0.2) is 75.6 Å². The van der Waals surface area contributed by atoms with Crippen molar-refractivity contribution in [2.24, 2.45) is 14.1 Å². The van der Waals surface area contributed by atoms with E-state index < -0.39 is 0 Å². The van der Waals surface area contributed by atoms with Crippen LogP contribution >= 0.6 is 0 Å². The minimum Gasteiger partial charge on any atom is -0.250 e. The number of tetrazole rings is 3. The van der Waals surface area contributed by atoms with Gasteiger partial charge in [-0.05, 0) is 67.6 Å². The standard InChI is InChI=1S/C6H11N3.3C5H10N4/c1-5(2)9-4-6(3)7-8-9;1-4(2)5-6-7-8-9(5)3;1-4(2)5-6-8-9(3)7-5;1-4(2)9-5(3)6-7-8-9/h4-5H,1-3H3;3*4H,1-3H3. The first-order valence-electron chi connectivity index (χ1n) is 11.9. The second-order valence-corrected chi connectivity index (χ2v) is 9.31. The SMILES string of the molecule is CC(C)c1nnn(C)n1.CC(C)c1nnnn1C.Cc1cn(C(C)C)nn1.Cc1nnnn1C(C)C. The van der Waals surface area contributed by atoms with Crippen molar-refractivity contribution in [2.45, 2.75) is 93.2 Å². The maximum absolute atomic E-state index is 4.00. The van der Waals surface area contributed by atoms with Crippen LogP contribution in [0.2, 0.25) is 0 Å². The maximum atomic E-state index is 4.00. The van der Waals surface area contributed by atoms with Gasteiger partial charge in [0.05, 0.1) is 18.8 Å². The van der Waals surface area contributed by atoms with Crippen LogP contribution in [0.25, 0.3) is 0 Å². The Kier molecular flexibility index (Phi) is 12.4. The molecule has 0 aliphatic carbocycles. The average molecular weight is 504 g/mol. The second kappa shape index (κ2) is 14.7. The van der Waals surface area contributed by atoms with Crippen LogP contribution in [0.4, 0.5) is 0 Å². The lowest BCUT2D eigenvalue weighted by Gasteiger charge is -2.02. The van der Waals surface area contributed by atoms with Crippen LogP contribution in [0.5, 0.6) is 0 Å². The molecule has 0 atom stereocenters. The van der Waals surface area contributed by atoms with Gasteiger partial charge in [0.25, 0.3) is 0 Å². The molecule has 0 spiro atoms. The highest BCUT2D eigenvalue weighted by molar-refractivity contribution is 4.87. The predicted octanol–water partition coefficient (Wildman–Crippen LogP) is 2.40. The Labute approximate surface area is 212 Å². The number of nitrogens with zero attached hydrogens (tertiary/aromatic N) is 15. The summed E-state index contributed by atoms with van der Waals surface area (Å²) < 4.78 is 5.31. The molecule has 15 heteroatoms. The van der Waals surface area contributed by atoms with Crippen molar-refractivity contribution in [3.05, 3.63) is 29.4 Å². The molecule has 0 aliphatic heterocycles. The van der Waals surface area contributed by atoms with Gasteiger partial charge in [-0.15, -0.1) is 25.5 Å². The molecule has 4 aromatic rings. The maximum Gasteiger partial charge on any atom is 0.177 e. The van der Waals surface area contributed by atoms with Gasteiger partial charge in [-0.3, -0.25) is 0 Å². The monoisotopic (exact) mass is 503 g/mol. The summed E-state index contributed by atoms with van der Waals surface area (Å²) in [5.74, 6) is 3.38. The molecule has 0 saturated carbocycles. The molecule has 4 heterocycles. The molecule has 4 rings (SSSR count). The Morgan fingerprint density at radius 3 is 1.53 bits per heavy atom. The Balaban J connectivity index is 0.000000240. The number of hydrogen-bond acceptors (Lipinski definition) is 11. The fraction of sp³-hybridized carbons (Fsp3) is 0.762. The molecular formula is C21H41N15. The summed E-state index contributed by atoms with van der Waals surface area (Å²) in [6.07, 6.45) is 1.94. The molecule has 36 heavy (non-hydrogen) atoms. The molecule has 0 amide bonds. The Hall–Kier alpha value is -3.65. The summed E-state index contributed by atoms with van der Waals surface area (Å²) in [4.78, 5) is 1.47. The zero-order valence-corrected chi connectivity index (χ0v) is 23.6. The smallest absolute Gasteiger partial charge is 0.177 e. The first-order chi connectivity index (χ1) is 16.8. The van der Waals surface area contributed by atoms with Crippen LogP contribution in [0, 0.1) is 13.8 Å². The average Bonchev–Trinajstić information content (AvgIpc) is 3.58. The lowest BCUT2D eigenvalue weighted by molar-refractivity contribution is 0.502. The van der Waals surface area contributed by atoms with Crippen molar-refractivity contribution in [1.82, 2.24) is 75.6 Å². The van der Waals surface area contributed by atoms with Gasteiger partial charge in [0.1, 0.15) is 5.82 Å². The van der Waals surface area contributed by atoms with E-state index in [0.717, 1.165) is 23.2 Å². The van der Waals surface area contributed by atoms with Crippen molar-refractivity contribution in [2.75, 3.05) is 0 Å². The van der Waals surface area contributed by atoms with Crippen molar-refractivity contribution in [3.63, 3.8) is 0 Å². The topological polar surface area (TPSA) is 162 Å². The molecule has 15 nitrogen and oxygen atoms in total. The van der Waals surface area contributed by atoms with E-state index >= 15 is 0 Å². The molecule has 0 fully saturated rings. The fourth-order valence-electron chi connectivity index (χ4n) is 2.59. The molecule has 0 bridgehead atoms. The number of hydrogen-bond donors (Lipinski definition) is 0. The second-order valence-electron chi connectivity index (χ2n) is 9.31. The van der Waals surface area contributed by atoms with Crippen LogP contribution < -0.4 is 0 Å². The van der Waals surface area contributed by atoms with E-state index in [-0.39, 0.29) is 0 Å². The quantitative estimate of drug-likeness (QED) is 0.402. The first-order valence-corrected chi connectivity index (χ1v) is 11.9. The summed E-state index contributed by atoms with van der Waals surface area (Å²) in [6.45, 7) is 20.3. The molecular weight excluding hydrogens is 462 g/mol. The van der Waals surface area contributed by atoms with Crippen molar-refractivity contribution in [1.29, 1.82) is 0 Å². The third kappa shape index (κ3) is 10.3. The summed E-state index contributed by atoms with van der Waals surface area (Å²) in [7, 11) is 3.61. The Morgan fingerprint density at radius 1 is 0.667 bits per heavy atom. The third-order valence-electron chi connectivity index (χ3n) is 4.51. The number of rotatable bonds is 4. The van der Waals surface area contributed by atoms with Gasteiger partial charge in [-0.2, -0.15) is 4.80 Å². The molecule has 4 aromatic heterocycles. The molecule has 200 valence electrons. The predicted molar refractivity (Wildman–Crippen MR) is 134 cm³/mol. The van der Waals surface area contributed by atoms with E-state index in [0.29, 0.717) is 23.9 Å². The van der Waals surface area contributed by atoms with E-state index in [1.54, 1.807) is 16.4 Å². The molecule has 0 saturated heterocycles. The molecule has 0 N–H and O–H groups in total. The van der Waals surface area contributed by atoms with Crippen LogP contribution in [0.3, 0.4) is 0 Å². The number of aromatic nitrogens is 15. The lowest BCUT2D eigenvalue weighted by atomic mass is 10.2. The normalized spacial score (nSPS) is 10.7. The van der Waals surface area contributed by atoms with Gasteiger partial charge < -0.3 is 0 Å². The van der Waals surface area contributed by atoms with E-state index in [2.05, 4.69) is 84.5 Å². The van der Waals surface area contributed by atoms with Gasteiger partial charge in [-0.1, -0.05) is 32.9 Å². The minimum absolute atomic E-state index is 0.361. The lowest BCUT2D eigenvalue weighted by Crippen LogP contribution is -2.04. The highest BCUT2D eigenvalue weighted by Gasteiger charge is 2.05. The van der Waals surface area contributed by atoms with E-state index in [9.17, 15) is 0 Å². The van der Waals surface area contributed by atoms with Crippen LogP contribution in [0.15, 0.2) is 6.20 Å². The zero-order valence-electron chi connectivity index (χ0n) is 23.6. The molecule has 0 aliphatic rings. The largest absolute Gasteiger partial charge is 0.250 e. The zero-order chi connectivity index (χ0) is 27.4. The number of aryl methyl sites for hydroxylation is 4. The van der Waals surface area contributed by atoms with Gasteiger partial charge >= 0.3 is 0 Å². The third-order valence-corrected chi connectivity index (χ3v) is 4.51. The van der Waals surface area contributed by atoms with Crippen LogP contribution in [-0.2, 0) is 14.1 Å². The molecule has 0 aromatic carbocycles. The van der Waals surface area contributed by atoms with E-state index in [1.165, 1.54) is 4.80 Å². The minimum atomic E-state index is 0.361. The highest BCUT2D eigenvalue weighted by Crippen LogP contribution is 2.06. The van der Waals surface area contributed by atoms with E-state index in [1.807, 2.05) is 59.5 Å². The van der Waals surface area contributed by atoms with Gasteiger partial charge in [0, 0.05) is 31.1 Å². The summed E-state index contributed by atoms with van der Waals surface area (Å²) >= 11 is 0. The first kappa shape index (κ1) is 30.4. The molecule has 0 unspecified atom stereocenters. The van der Waals surface area contributed by atoms with Gasteiger partial charge in [0.2, 0.25) is 0 Å². The van der Waals surface area contributed by atoms with Gasteiger partial charge in [0.15, 0.2) is 11.6 Å². The summed E-state index contributed by atoms with van der Waals surface area (Å²) in [6, 6.07) is 0.784. The van der Waals surface area contributed by atoms with Crippen molar-refractivity contribution < 1.29 is 0 Å². The highest BCUT2D eigenvalue weighted by atomic mass is 15.6. The van der Waals surface area contributed by atoms with Crippen LogP contribution in [0.1, 0.15) is 102 Å². The van der Waals surface area contributed by atoms with Crippen molar-refractivity contribution >= 4 is 0 Å².